The van der Waals surface area contributed by atoms with E-state index in [1.165, 1.54) is 10.5 Å². The molecular formula is C14H21N3O2. The Morgan fingerprint density at radius 3 is 2.32 bits per heavy atom. The highest BCUT2D eigenvalue weighted by atomic mass is 16.4. The van der Waals surface area contributed by atoms with E-state index in [1.54, 1.807) is 0 Å². The van der Waals surface area contributed by atoms with Gasteiger partial charge in [0.25, 0.3) is 0 Å². The molecule has 1 amide bonds. The zero-order valence-corrected chi connectivity index (χ0v) is 11.2. The number of hydrogen-bond acceptors (Lipinski definition) is 3. The van der Waals surface area contributed by atoms with Gasteiger partial charge in [-0.1, -0.05) is 24.3 Å². The fraction of sp³-hybridized carbons (Fsp3) is 0.500. The molecule has 1 heterocycles. The molecule has 1 aliphatic rings. The molecule has 3 N–H and O–H groups in total. The Hall–Kier alpha value is -1.59. The molecule has 0 aliphatic carbocycles. The van der Waals surface area contributed by atoms with Crippen molar-refractivity contribution < 1.29 is 9.90 Å². The fourth-order valence-electron chi connectivity index (χ4n) is 2.28. The molecule has 19 heavy (non-hydrogen) atoms. The first kappa shape index (κ1) is 13.8. The van der Waals surface area contributed by atoms with E-state index in [9.17, 15) is 4.79 Å². The van der Waals surface area contributed by atoms with Crippen LogP contribution in [0.2, 0.25) is 0 Å². The maximum absolute atomic E-state index is 10.8. The molecule has 0 spiro atoms. The summed E-state index contributed by atoms with van der Waals surface area (Å²) in [4.78, 5) is 14.6. The lowest BCUT2D eigenvalue weighted by molar-refractivity contribution is 0.103. The van der Waals surface area contributed by atoms with Crippen molar-refractivity contribution in [2.75, 3.05) is 26.2 Å². The highest BCUT2D eigenvalue weighted by Crippen LogP contribution is 2.13. The molecule has 0 aromatic heterocycles. The van der Waals surface area contributed by atoms with Gasteiger partial charge in [-0.2, -0.15) is 0 Å². The van der Waals surface area contributed by atoms with Crippen LogP contribution in [0.5, 0.6) is 0 Å². The maximum atomic E-state index is 10.8. The van der Waals surface area contributed by atoms with Crippen LogP contribution in [-0.2, 0) is 6.54 Å². The Balaban J connectivity index is 1.87. The van der Waals surface area contributed by atoms with E-state index in [0.29, 0.717) is 13.1 Å². The van der Waals surface area contributed by atoms with Crippen molar-refractivity contribution in [1.82, 2.24) is 9.80 Å². The second-order valence-corrected chi connectivity index (χ2v) is 5.08. The van der Waals surface area contributed by atoms with Crippen LogP contribution in [0, 0.1) is 0 Å². The van der Waals surface area contributed by atoms with E-state index < -0.39 is 6.09 Å². The zero-order valence-electron chi connectivity index (χ0n) is 11.2. The summed E-state index contributed by atoms with van der Waals surface area (Å²) in [7, 11) is 0. The number of rotatable bonds is 3. The van der Waals surface area contributed by atoms with E-state index in [1.807, 2.05) is 6.92 Å². The molecule has 1 aliphatic heterocycles. The second kappa shape index (κ2) is 6.04. The summed E-state index contributed by atoms with van der Waals surface area (Å²) in [6.45, 7) is 5.61. The van der Waals surface area contributed by atoms with Gasteiger partial charge >= 0.3 is 6.09 Å². The summed E-state index contributed by atoms with van der Waals surface area (Å²) >= 11 is 0. The lowest BCUT2D eigenvalue weighted by Gasteiger charge is -2.33. The standard InChI is InChI=1S/C14H21N3O2/c1-11(15)13-4-2-12(3-5-13)10-16-6-8-17(9-7-16)14(18)19/h2-5,11H,6-10,15H2,1H3,(H,18,19). The molecule has 1 atom stereocenters. The van der Waals surface area contributed by atoms with Crippen molar-refractivity contribution in [1.29, 1.82) is 0 Å². The summed E-state index contributed by atoms with van der Waals surface area (Å²) in [6.07, 6.45) is -0.819. The Labute approximate surface area is 113 Å². The highest BCUT2D eigenvalue weighted by molar-refractivity contribution is 5.65. The van der Waals surface area contributed by atoms with Gasteiger partial charge in [-0.3, -0.25) is 4.90 Å². The summed E-state index contributed by atoms with van der Waals surface area (Å²) in [5, 5.41) is 8.89. The lowest BCUT2D eigenvalue weighted by atomic mass is 10.1. The summed E-state index contributed by atoms with van der Waals surface area (Å²) in [5.41, 5.74) is 8.20. The van der Waals surface area contributed by atoms with Crippen LogP contribution in [0.25, 0.3) is 0 Å². The third-order valence-electron chi connectivity index (χ3n) is 3.55. The number of piperazine rings is 1. The van der Waals surface area contributed by atoms with Crippen LogP contribution in [0.1, 0.15) is 24.1 Å². The molecule has 5 heteroatoms. The third-order valence-corrected chi connectivity index (χ3v) is 3.55. The predicted octanol–water partition coefficient (Wildman–Crippen LogP) is 1.50. The number of nitrogens with two attached hydrogens (primary N) is 1. The molecule has 1 fully saturated rings. The van der Waals surface area contributed by atoms with Gasteiger partial charge < -0.3 is 15.7 Å². The van der Waals surface area contributed by atoms with E-state index in [0.717, 1.165) is 25.2 Å². The molecule has 5 nitrogen and oxygen atoms in total. The minimum Gasteiger partial charge on any atom is -0.465 e. The first-order chi connectivity index (χ1) is 9.06. The molecule has 2 rings (SSSR count). The van der Waals surface area contributed by atoms with Crippen molar-refractivity contribution in [2.45, 2.75) is 19.5 Å². The van der Waals surface area contributed by atoms with Gasteiger partial charge in [0.1, 0.15) is 0 Å². The number of carboxylic acid groups (broad SMARTS) is 1. The molecular weight excluding hydrogens is 242 g/mol. The number of hydrogen-bond donors (Lipinski definition) is 2. The monoisotopic (exact) mass is 263 g/mol. The smallest absolute Gasteiger partial charge is 0.407 e. The van der Waals surface area contributed by atoms with E-state index >= 15 is 0 Å². The SMILES string of the molecule is CC(N)c1ccc(CN2CCN(C(=O)O)CC2)cc1. The molecule has 1 saturated heterocycles. The van der Waals surface area contributed by atoms with Crippen molar-refractivity contribution in [3.05, 3.63) is 35.4 Å². The predicted molar refractivity (Wildman–Crippen MR) is 73.9 cm³/mol. The van der Waals surface area contributed by atoms with E-state index in [2.05, 4.69) is 29.2 Å². The van der Waals surface area contributed by atoms with Gasteiger partial charge in [0.05, 0.1) is 0 Å². The second-order valence-electron chi connectivity index (χ2n) is 5.08. The van der Waals surface area contributed by atoms with Gasteiger partial charge in [0, 0.05) is 38.8 Å². The van der Waals surface area contributed by atoms with Crippen molar-refractivity contribution >= 4 is 6.09 Å². The molecule has 0 radical (unpaired) electrons. The number of nitrogens with zero attached hydrogens (tertiary/aromatic N) is 2. The molecule has 1 unspecified atom stereocenters. The molecule has 0 bridgehead atoms. The van der Waals surface area contributed by atoms with Crippen molar-refractivity contribution in [3.63, 3.8) is 0 Å². The van der Waals surface area contributed by atoms with Crippen molar-refractivity contribution in [3.8, 4) is 0 Å². The van der Waals surface area contributed by atoms with Crippen LogP contribution < -0.4 is 5.73 Å². The first-order valence-corrected chi connectivity index (χ1v) is 6.61. The van der Waals surface area contributed by atoms with Gasteiger partial charge in [-0.15, -0.1) is 0 Å². The Morgan fingerprint density at radius 1 is 1.26 bits per heavy atom. The number of carbonyl (C=O) groups is 1. The number of benzene rings is 1. The summed E-state index contributed by atoms with van der Waals surface area (Å²) < 4.78 is 0. The largest absolute Gasteiger partial charge is 0.465 e. The van der Waals surface area contributed by atoms with E-state index in [4.69, 9.17) is 10.8 Å². The van der Waals surface area contributed by atoms with Gasteiger partial charge in [0.2, 0.25) is 0 Å². The molecule has 0 saturated carbocycles. The van der Waals surface area contributed by atoms with Gasteiger partial charge in [-0.25, -0.2) is 4.79 Å². The maximum Gasteiger partial charge on any atom is 0.407 e. The van der Waals surface area contributed by atoms with E-state index in [-0.39, 0.29) is 6.04 Å². The minimum atomic E-state index is -0.819. The quantitative estimate of drug-likeness (QED) is 0.867. The number of amides is 1. The summed E-state index contributed by atoms with van der Waals surface area (Å²) in [6, 6.07) is 8.39. The van der Waals surface area contributed by atoms with Crippen LogP contribution in [0.15, 0.2) is 24.3 Å². The topological polar surface area (TPSA) is 69.8 Å². The Morgan fingerprint density at radius 2 is 1.84 bits per heavy atom. The highest BCUT2D eigenvalue weighted by Gasteiger charge is 2.20. The normalized spacial score (nSPS) is 18.3. The molecule has 1 aromatic carbocycles. The lowest BCUT2D eigenvalue weighted by Crippen LogP contribution is -2.47. The molecule has 1 aromatic rings. The molecule has 104 valence electrons. The minimum absolute atomic E-state index is 0.0631. The first-order valence-electron chi connectivity index (χ1n) is 6.61. The average molecular weight is 263 g/mol. The summed E-state index contributed by atoms with van der Waals surface area (Å²) in [5.74, 6) is 0. The van der Waals surface area contributed by atoms with Crippen molar-refractivity contribution in [2.24, 2.45) is 5.73 Å². The van der Waals surface area contributed by atoms with Crippen LogP contribution in [0.4, 0.5) is 4.79 Å². The van der Waals surface area contributed by atoms with Gasteiger partial charge in [0.15, 0.2) is 0 Å². The Bertz CT molecular complexity index is 423. The zero-order chi connectivity index (χ0) is 13.8. The van der Waals surface area contributed by atoms with Crippen LogP contribution in [0.3, 0.4) is 0 Å². The van der Waals surface area contributed by atoms with Gasteiger partial charge in [-0.05, 0) is 18.1 Å². The third kappa shape index (κ3) is 3.68. The van der Waals surface area contributed by atoms with Crippen LogP contribution in [-0.4, -0.2) is 47.2 Å². The Kier molecular flexibility index (Phi) is 4.39. The average Bonchev–Trinajstić information content (AvgIpc) is 2.40. The fourth-order valence-corrected chi connectivity index (χ4v) is 2.28. The van der Waals surface area contributed by atoms with Crippen LogP contribution >= 0.6 is 0 Å².